The fourth-order valence-corrected chi connectivity index (χ4v) is 0.577. The first-order valence-electron chi connectivity index (χ1n) is 2.65. The van der Waals surface area contributed by atoms with Gasteiger partial charge in [-0.1, -0.05) is 0 Å². The predicted molar refractivity (Wildman–Crippen MR) is 31.3 cm³/mol. The maximum Gasteiger partial charge on any atom is 0.131 e. The van der Waals surface area contributed by atoms with E-state index in [1.54, 1.807) is 0 Å². The standard InChI is InChI=1S/C5H8FN3/c6-1-4-3-8-5(2-7)9-4/h3H,1-2,7H2,(H,8,9). The number of imidazole rings is 1. The van der Waals surface area contributed by atoms with Crippen LogP contribution < -0.4 is 5.73 Å². The number of nitrogens with one attached hydrogen (secondary N) is 1. The summed E-state index contributed by atoms with van der Waals surface area (Å²) in [5, 5.41) is 0. The van der Waals surface area contributed by atoms with Gasteiger partial charge >= 0.3 is 0 Å². The molecule has 0 saturated heterocycles. The van der Waals surface area contributed by atoms with Crippen molar-refractivity contribution in [1.29, 1.82) is 0 Å². The lowest BCUT2D eigenvalue weighted by Gasteiger charge is -1.84. The summed E-state index contributed by atoms with van der Waals surface area (Å²) < 4.78 is 11.8. The van der Waals surface area contributed by atoms with Gasteiger partial charge in [0.15, 0.2) is 0 Å². The number of nitrogens with zero attached hydrogens (tertiary/aromatic N) is 1. The first-order chi connectivity index (χ1) is 4.36. The molecular weight excluding hydrogens is 121 g/mol. The van der Waals surface area contributed by atoms with Crippen molar-refractivity contribution in [3.8, 4) is 0 Å². The van der Waals surface area contributed by atoms with Gasteiger partial charge in [0.1, 0.15) is 12.5 Å². The Morgan fingerprint density at radius 2 is 2.56 bits per heavy atom. The molecule has 0 unspecified atom stereocenters. The molecule has 1 aromatic rings. The molecule has 0 saturated carbocycles. The van der Waals surface area contributed by atoms with Gasteiger partial charge in [0, 0.05) is 0 Å². The molecule has 1 heterocycles. The molecule has 1 rings (SSSR count). The Morgan fingerprint density at radius 3 is 2.89 bits per heavy atom. The van der Waals surface area contributed by atoms with Crippen LogP contribution in [0.3, 0.4) is 0 Å². The van der Waals surface area contributed by atoms with Crippen molar-refractivity contribution < 1.29 is 4.39 Å². The molecule has 4 heteroatoms. The third kappa shape index (κ3) is 1.26. The fraction of sp³-hybridized carbons (Fsp3) is 0.400. The maximum atomic E-state index is 11.8. The van der Waals surface area contributed by atoms with E-state index in [0.717, 1.165) is 0 Å². The maximum absolute atomic E-state index is 11.8. The van der Waals surface area contributed by atoms with E-state index < -0.39 is 6.67 Å². The topological polar surface area (TPSA) is 54.7 Å². The van der Waals surface area contributed by atoms with Crippen LogP contribution in [0.1, 0.15) is 11.5 Å². The summed E-state index contributed by atoms with van der Waals surface area (Å²) in [7, 11) is 0. The third-order valence-corrected chi connectivity index (χ3v) is 1.02. The Labute approximate surface area is 52.1 Å². The summed E-state index contributed by atoms with van der Waals surface area (Å²) >= 11 is 0. The van der Waals surface area contributed by atoms with E-state index in [2.05, 4.69) is 9.97 Å². The average molecular weight is 129 g/mol. The van der Waals surface area contributed by atoms with Crippen molar-refractivity contribution in [2.24, 2.45) is 5.73 Å². The molecule has 3 nitrogen and oxygen atoms in total. The highest BCUT2D eigenvalue weighted by molar-refractivity contribution is 4.98. The van der Waals surface area contributed by atoms with E-state index in [9.17, 15) is 4.39 Å². The molecule has 0 aliphatic carbocycles. The zero-order valence-electron chi connectivity index (χ0n) is 4.89. The number of hydrogen-bond donors (Lipinski definition) is 2. The molecule has 0 fully saturated rings. The second kappa shape index (κ2) is 2.59. The largest absolute Gasteiger partial charge is 0.343 e. The normalized spacial score (nSPS) is 10.0. The van der Waals surface area contributed by atoms with Crippen molar-refractivity contribution in [3.63, 3.8) is 0 Å². The molecule has 0 spiro atoms. The minimum atomic E-state index is -0.507. The zero-order valence-corrected chi connectivity index (χ0v) is 4.89. The van der Waals surface area contributed by atoms with Crippen molar-refractivity contribution in [2.75, 3.05) is 0 Å². The van der Waals surface area contributed by atoms with Gasteiger partial charge in [0.2, 0.25) is 0 Å². The summed E-state index contributed by atoms with van der Waals surface area (Å²) in [6.07, 6.45) is 1.45. The zero-order chi connectivity index (χ0) is 6.69. The second-order valence-corrected chi connectivity index (χ2v) is 1.69. The number of aromatic nitrogens is 2. The highest BCUT2D eigenvalue weighted by atomic mass is 19.1. The Morgan fingerprint density at radius 1 is 1.78 bits per heavy atom. The van der Waals surface area contributed by atoms with Crippen LogP contribution in [0.2, 0.25) is 0 Å². The first kappa shape index (κ1) is 6.22. The van der Waals surface area contributed by atoms with Crippen LogP contribution in [0.25, 0.3) is 0 Å². The van der Waals surface area contributed by atoms with Crippen molar-refractivity contribution in [2.45, 2.75) is 13.2 Å². The van der Waals surface area contributed by atoms with E-state index in [4.69, 9.17) is 5.73 Å². The number of halogens is 1. The number of aromatic amines is 1. The quantitative estimate of drug-likeness (QED) is 0.604. The summed E-state index contributed by atoms with van der Waals surface area (Å²) in [5.41, 5.74) is 5.68. The minimum absolute atomic E-state index is 0.333. The van der Waals surface area contributed by atoms with Gasteiger partial charge in [0.05, 0.1) is 18.4 Å². The van der Waals surface area contributed by atoms with Crippen LogP contribution in [0.4, 0.5) is 4.39 Å². The Kier molecular flexibility index (Phi) is 1.79. The number of alkyl halides is 1. The first-order valence-corrected chi connectivity index (χ1v) is 2.65. The summed E-state index contributed by atoms with van der Waals surface area (Å²) in [6, 6.07) is 0. The third-order valence-electron chi connectivity index (χ3n) is 1.02. The summed E-state index contributed by atoms with van der Waals surface area (Å²) in [5.74, 6) is 0.627. The van der Waals surface area contributed by atoms with Crippen molar-refractivity contribution >= 4 is 0 Å². The molecule has 0 aromatic carbocycles. The van der Waals surface area contributed by atoms with Gasteiger partial charge in [0.25, 0.3) is 0 Å². The Hall–Kier alpha value is -0.900. The van der Waals surface area contributed by atoms with E-state index >= 15 is 0 Å². The van der Waals surface area contributed by atoms with Crippen molar-refractivity contribution in [1.82, 2.24) is 9.97 Å². The smallest absolute Gasteiger partial charge is 0.131 e. The van der Waals surface area contributed by atoms with Gasteiger partial charge in [-0.05, 0) is 0 Å². The van der Waals surface area contributed by atoms with E-state index in [-0.39, 0.29) is 0 Å². The number of hydrogen-bond acceptors (Lipinski definition) is 2. The molecule has 50 valence electrons. The highest BCUT2D eigenvalue weighted by Crippen LogP contribution is 1.96. The molecule has 0 bridgehead atoms. The molecule has 9 heavy (non-hydrogen) atoms. The monoisotopic (exact) mass is 129 g/mol. The SMILES string of the molecule is NCc1ncc(CF)[nH]1. The highest BCUT2D eigenvalue weighted by Gasteiger charge is 1.95. The molecule has 0 aliphatic rings. The van der Waals surface area contributed by atoms with Crippen LogP contribution in [0.5, 0.6) is 0 Å². The van der Waals surface area contributed by atoms with Crippen molar-refractivity contribution in [3.05, 3.63) is 17.7 Å². The summed E-state index contributed by atoms with van der Waals surface area (Å²) in [6.45, 7) is -0.174. The van der Waals surface area contributed by atoms with Crippen LogP contribution in [0.15, 0.2) is 6.20 Å². The average Bonchev–Trinajstić information content (AvgIpc) is 2.34. The van der Waals surface area contributed by atoms with Gasteiger partial charge in [-0.25, -0.2) is 9.37 Å². The molecule has 0 atom stereocenters. The van der Waals surface area contributed by atoms with E-state index in [1.165, 1.54) is 6.20 Å². The predicted octanol–water partition coefficient (Wildman–Crippen LogP) is 0.338. The van der Waals surface area contributed by atoms with Gasteiger partial charge in [-0.2, -0.15) is 0 Å². The van der Waals surface area contributed by atoms with Crippen LogP contribution in [-0.2, 0) is 13.2 Å². The lowest BCUT2D eigenvalue weighted by Crippen LogP contribution is -1.97. The number of H-pyrrole nitrogens is 1. The van der Waals surface area contributed by atoms with Crippen LogP contribution in [0, 0.1) is 0 Å². The van der Waals surface area contributed by atoms with Gasteiger partial charge < -0.3 is 10.7 Å². The minimum Gasteiger partial charge on any atom is -0.343 e. The summed E-state index contributed by atoms with van der Waals surface area (Å²) in [4.78, 5) is 6.49. The Bertz CT molecular complexity index is 166. The fourth-order valence-electron chi connectivity index (χ4n) is 0.577. The van der Waals surface area contributed by atoms with Crippen LogP contribution >= 0.6 is 0 Å². The second-order valence-electron chi connectivity index (χ2n) is 1.69. The van der Waals surface area contributed by atoms with Gasteiger partial charge in [-0.3, -0.25) is 0 Å². The number of rotatable bonds is 2. The Balaban J connectivity index is 2.74. The lowest BCUT2D eigenvalue weighted by atomic mass is 10.5. The molecular formula is C5H8FN3. The van der Waals surface area contributed by atoms with Crippen LogP contribution in [-0.4, -0.2) is 9.97 Å². The number of nitrogens with two attached hydrogens (primary N) is 1. The van der Waals surface area contributed by atoms with E-state index in [0.29, 0.717) is 18.1 Å². The lowest BCUT2D eigenvalue weighted by molar-refractivity contribution is 0.477. The van der Waals surface area contributed by atoms with Gasteiger partial charge in [-0.15, -0.1) is 0 Å². The molecule has 0 aliphatic heterocycles. The molecule has 0 amide bonds. The molecule has 1 aromatic heterocycles. The molecule has 3 N–H and O–H groups in total. The molecule has 0 radical (unpaired) electrons. The van der Waals surface area contributed by atoms with E-state index in [1.807, 2.05) is 0 Å².